The quantitative estimate of drug-likeness (QED) is 0.803. The molecule has 2 rings (SSSR count). The minimum atomic E-state index is -0.518. The van der Waals surface area contributed by atoms with Crippen molar-refractivity contribution in [3.63, 3.8) is 0 Å². The minimum Gasteiger partial charge on any atom is -0.464 e. The maximum Gasteiger partial charge on any atom is 0.329 e. The molecule has 1 amide bonds. The monoisotopic (exact) mass is 329 g/mol. The molecule has 1 aliphatic rings. The predicted molar refractivity (Wildman–Crippen MR) is 83.7 cm³/mol. The molecule has 0 spiro atoms. The van der Waals surface area contributed by atoms with Gasteiger partial charge in [0.2, 0.25) is 0 Å². The zero-order valence-electron chi connectivity index (χ0n) is 11.9. The smallest absolute Gasteiger partial charge is 0.329 e. The number of esters is 1. The number of ether oxygens (including phenoxy) is 1. The number of carbonyl (C=O) groups is 2. The van der Waals surface area contributed by atoms with Gasteiger partial charge in [0, 0.05) is 29.9 Å². The maximum atomic E-state index is 12.6. The Morgan fingerprint density at radius 1 is 1.57 bits per heavy atom. The van der Waals surface area contributed by atoms with Crippen LogP contribution in [-0.2, 0) is 16.0 Å². The average Bonchev–Trinajstić information content (AvgIpc) is 2.96. The molecule has 1 aliphatic heterocycles. The van der Waals surface area contributed by atoms with Crippen LogP contribution in [0.15, 0.2) is 5.38 Å². The Kier molecular flexibility index (Phi) is 6.01. The van der Waals surface area contributed by atoms with Gasteiger partial charge in [0.15, 0.2) is 0 Å². The van der Waals surface area contributed by atoms with Crippen molar-refractivity contribution in [2.24, 2.45) is 5.73 Å². The van der Waals surface area contributed by atoms with Crippen molar-refractivity contribution in [1.82, 2.24) is 9.88 Å². The van der Waals surface area contributed by atoms with Crippen LogP contribution in [0.25, 0.3) is 0 Å². The Balaban J connectivity index is 2.12. The summed E-state index contributed by atoms with van der Waals surface area (Å²) in [6.07, 6.45) is 0.662. The zero-order chi connectivity index (χ0) is 15.2. The second-order valence-electron chi connectivity index (χ2n) is 4.51. The molecule has 1 atom stereocenters. The SMILES string of the molecule is CCOC(=O)C1CSCCN1C(=O)c1csc(CCN)n1. The number of nitrogens with zero attached hydrogens (tertiary/aromatic N) is 2. The summed E-state index contributed by atoms with van der Waals surface area (Å²) in [7, 11) is 0. The number of aromatic nitrogens is 1. The Labute approximate surface area is 132 Å². The van der Waals surface area contributed by atoms with Gasteiger partial charge in [-0.1, -0.05) is 0 Å². The predicted octanol–water partition coefficient (Wildman–Crippen LogP) is 0.765. The lowest BCUT2D eigenvalue weighted by Gasteiger charge is -2.33. The molecule has 21 heavy (non-hydrogen) atoms. The van der Waals surface area contributed by atoms with E-state index in [1.54, 1.807) is 29.0 Å². The molecule has 1 fully saturated rings. The summed E-state index contributed by atoms with van der Waals surface area (Å²) >= 11 is 3.08. The van der Waals surface area contributed by atoms with Gasteiger partial charge < -0.3 is 15.4 Å². The lowest BCUT2D eigenvalue weighted by molar-refractivity contribution is -0.147. The first-order valence-corrected chi connectivity index (χ1v) is 8.90. The highest BCUT2D eigenvalue weighted by atomic mass is 32.2. The molecule has 2 heterocycles. The molecule has 0 saturated carbocycles. The van der Waals surface area contributed by atoms with Crippen LogP contribution >= 0.6 is 23.1 Å². The summed E-state index contributed by atoms with van der Waals surface area (Å²) in [5.41, 5.74) is 5.88. The number of carbonyl (C=O) groups excluding carboxylic acids is 2. The third-order valence-electron chi connectivity index (χ3n) is 3.08. The van der Waals surface area contributed by atoms with E-state index in [9.17, 15) is 9.59 Å². The summed E-state index contributed by atoms with van der Waals surface area (Å²) in [4.78, 5) is 30.4. The molecule has 1 saturated heterocycles. The van der Waals surface area contributed by atoms with Gasteiger partial charge in [-0.15, -0.1) is 11.3 Å². The number of amides is 1. The first kappa shape index (κ1) is 16.3. The van der Waals surface area contributed by atoms with Gasteiger partial charge in [0.25, 0.3) is 5.91 Å². The normalized spacial score (nSPS) is 18.6. The van der Waals surface area contributed by atoms with Crippen molar-refractivity contribution in [3.8, 4) is 0 Å². The molecule has 116 valence electrons. The topological polar surface area (TPSA) is 85.5 Å². The van der Waals surface area contributed by atoms with Crippen molar-refractivity contribution in [2.45, 2.75) is 19.4 Å². The Bertz CT molecular complexity index is 507. The number of thiazole rings is 1. The Morgan fingerprint density at radius 2 is 2.38 bits per heavy atom. The maximum absolute atomic E-state index is 12.6. The number of hydrogen-bond acceptors (Lipinski definition) is 7. The third-order valence-corrected chi connectivity index (χ3v) is 5.01. The van der Waals surface area contributed by atoms with Crippen molar-refractivity contribution < 1.29 is 14.3 Å². The van der Waals surface area contributed by atoms with Gasteiger partial charge in [-0.25, -0.2) is 9.78 Å². The molecular formula is C13H19N3O3S2. The van der Waals surface area contributed by atoms with Crippen molar-refractivity contribution in [2.75, 3.05) is 31.2 Å². The largest absolute Gasteiger partial charge is 0.464 e. The molecule has 1 aromatic heterocycles. The Morgan fingerprint density at radius 3 is 3.10 bits per heavy atom. The molecule has 0 bridgehead atoms. The van der Waals surface area contributed by atoms with Crippen LogP contribution < -0.4 is 5.73 Å². The summed E-state index contributed by atoms with van der Waals surface area (Å²) in [6, 6.07) is -0.518. The van der Waals surface area contributed by atoms with Crippen LogP contribution in [0, 0.1) is 0 Å². The van der Waals surface area contributed by atoms with Crippen molar-refractivity contribution >= 4 is 35.0 Å². The summed E-state index contributed by atoms with van der Waals surface area (Å²) in [5, 5.41) is 2.58. The van der Waals surface area contributed by atoms with E-state index in [0.29, 0.717) is 37.6 Å². The minimum absolute atomic E-state index is 0.201. The van der Waals surface area contributed by atoms with Gasteiger partial charge in [0.1, 0.15) is 11.7 Å². The number of nitrogens with two attached hydrogens (primary N) is 1. The molecule has 0 aromatic carbocycles. The van der Waals surface area contributed by atoms with E-state index < -0.39 is 6.04 Å². The van der Waals surface area contributed by atoms with Gasteiger partial charge >= 0.3 is 5.97 Å². The Hall–Kier alpha value is -1.12. The molecule has 0 aliphatic carbocycles. The van der Waals surface area contributed by atoms with Gasteiger partial charge in [-0.05, 0) is 13.5 Å². The molecule has 0 radical (unpaired) electrons. The first-order chi connectivity index (χ1) is 10.2. The van der Waals surface area contributed by atoms with E-state index in [-0.39, 0.29) is 11.9 Å². The fourth-order valence-electron chi connectivity index (χ4n) is 2.08. The van der Waals surface area contributed by atoms with E-state index in [1.807, 2.05) is 0 Å². The van der Waals surface area contributed by atoms with Crippen LogP contribution in [0.3, 0.4) is 0 Å². The second-order valence-corrected chi connectivity index (χ2v) is 6.60. The van der Waals surface area contributed by atoms with Crippen LogP contribution in [0.1, 0.15) is 22.4 Å². The van der Waals surface area contributed by atoms with E-state index in [2.05, 4.69) is 4.98 Å². The van der Waals surface area contributed by atoms with Crippen LogP contribution in [0.2, 0.25) is 0 Å². The fourth-order valence-corrected chi connectivity index (χ4v) is 3.89. The van der Waals surface area contributed by atoms with Crippen molar-refractivity contribution in [3.05, 3.63) is 16.1 Å². The standard InChI is InChI=1S/C13H19N3O3S2/c1-2-19-13(18)10-8-20-6-5-16(10)12(17)9-7-21-11(15-9)3-4-14/h7,10H,2-6,8,14H2,1H3. The summed E-state index contributed by atoms with van der Waals surface area (Å²) < 4.78 is 5.06. The molecule has 2 N–H and O–H groups in total. The number of thioether (sulfide) groups is 1. The van der Waals surface area contributed by atoms with Gasteiger partial charge in [-0.2, -0.15) is 11.8 Å². The van der Waals surface area contributed by atoms with Crippen LogP contribution in [0.4, 0.5) is 0 Å². The van der Waals surface area contributed by atoms with Gasteiger partial charge in [0.05, 0.1) is 11.6 Å². The lowest BCUT2D eigenvalue weighted by Crippen LogP contribution is -2.51. The molecule has 8 heteroatoms. The summed E-state index contributed by atoms with van der Waals surface area (Å²) in [5.74, 6) is 0.856. The first-order valence-electron chi connectivity index (χ1n) is 6.87. The van der Waals surface area contributed by atoms with Gasteiger partial charge in [-0.3, -0.25) is 4.79 Å². The van der Waals surface area contributed by atoms with E-state index in [0.717, 1.165) is 10.8 Å². The van der Waals surface area contributed by atoms with Crippen LogP contribution in [0.5, 0.6) is 0 Å². The van der Waals surface area contributed by atoms with Crippen molar-refractivity contribution in [1.29, 1.82) is 0 Å². The highest BCUT2D eigenvalue weighted by molar-refractivity contribution is 7.99. The molecule has 1 aromatic rings. The molecule has 6 nitrogen and oxygen atoms in total. The average molecular weight is 329 g/mol. The van der Waals surface area contributed by atoms with E-state index in [1.165, 1.54) is 11.3 Å². The number of hydrogen-bond donors (Lipinski definition) is 1. The number of rotatable bonds is 5. The molecular weight excluding hydrogens is 310 g/mol. The summed E-state index contributed by atoms with van der Waals surface area (Å²) in [6.45, 7) is 3.13. The third kappa shape index (κ3) is 3.96. The highest BCUT2D eigenvalue weighted by Crippen LogP contribution is 2.21. The zero-order valence-corrected chi connectivity index (χ0v) is 13.5. The second kappa shape index (κ2) is 7.77. The van der Waals surface area contributed by atoms with E-state index >= 15 is 0 Å². The fraction of sp³-hybridized carbons (Fsp3) is 0.615. The molecule has 1 unspecified atom stereocenters. The lowest BCUT2D eigenvalue weighted by atomic mass is 10.2. The van der Waals surface area contributed by atoms with Crippen LogP contribution in [-0.4, -0.2) is 59.0 Å². The highest BCUT2D eigenvalue weighted by Gasteiger charge is 2.34. The van der Waals surface area contributed by atoms with E-state index in [4.69, 9.17) is 10.5 Å².